The van der Waals surface area contributed by atoms with Crippen LogP contribution >= 0.6 is 0 Å². The average molecular weight is 244 g/mol. The van der Waals surface area contributed by atoms with E-state index in [2.05, 4.69) is 6.92 Å². The van der Waals surface area contributed by atoms with Gasteiger partial charge in [0.1, 0.15) is 0 Å². The Balaban J connectivity index is 3.94. The highest BCUT2D eigenvalue weighted by Crippen LogP contribution is 2.20. The molecule has 0 heterocycles. The van der Waals surface area contributed by atoms with Gasteiger partial charge in [-0.1, -0.05) is 39.0 Å². The third kappa shape index (κ3) is 8.21. The number of carbonyl (C=O) groups is 1. The molecule has 0 aromatic heterocycles. The molecule has 0 aliphatic rings. The lowest BCUT2D eigenvalue weighted by Gasteiger charge is -2.16. The quantitative estimate of drug-likeness (QED) is 0.370. The molecule has 0 amide bonds. The Hall–Kier alpha value is -0.545. The first kappa shape index (κ1) is 16.5. The molecule has 100 valence electrons. The van der Waals surface area contributed by atoms with E-state index in [1.54, 1.807) is 13.8 Å². The second-order valence-corrected chi connectivity index (χ2v) is 4.71. The van der Waals surface area contributed by atoms with Gasteiger partial charge in [-0.15, -0.1) is 0 Å². The van der Waals surface area contributed by atoms with Gasteiger partial charge in [0.2, 0.25) is 0 Å². The maximum Gasteiger partial charge on any atom is 0.466 e. The van der Waals surface area contributed by atoms with E-state index in [-0.39, 0.29) is 6.10 Å². The lowest BCUT2D eigenvalue weighted by atomic mass is 9.70. The molecule has 0 bridgehead atoms. The molecular weight excluding hydrogens is 219 g/mol. The van der Waals surface area contributed by atoms with Gasteiger partial charge in [0.15, 0.2) is 0 Å². The van der Waals surface area contributed by atoms with Crippen molar-refractivity contribution in [2.75, 3.05) is 0 Å². The number of carbonyl (C=O) groups excluding carboxylic acids is 1. The van der Waals surface area contributed by atoms with Crippen LogP contribution in [0.15, 0.2) is 0 Å². The maximum atomic E-state index is 11.6. The average Bonchev–Trinajstić information content (AvgIpc) is 2.21. The van der Waals surface area contributed by atoms with E-state index in [1.807, 2.05) is 0 Å². The number of unbranched alkanes of at least 4 members (excludes halogenated alkanes) is 4. The van der Waals surface area contributed by atoms with E-state index < -0.39 is 18.9 Å². The summed E-state index contributed by atoms with van der Waals surface area (Å²) >= 11 is 0. The van der Waals surface area contributed by atoms with E-state index >= 15 is 0 Å². The fraction of sp³-hybridized carbons (Fsp3) is 0.917. The Labute approximate surface area is 105 Å². The summed E-state index contributed by atoms with van der Waals surface area (Å²) in [6, 6.07) is 0. The van der Waals surface area contributed by atoms with Crippen LogP contribution in [0.4, 0.5) is 0 Å². The van der Waals surface area contributed by atoms with Gasteiger partial charge in [-0.25, -0.2) is 0 Å². The maximum absolute atomic E-state index is 11.6. The monoisotopic (exact) mass is 244 g/mol. The van der Waals surface area contributed by atoms with Crippen LogP contribution in [0.1, 0.15) is 59.3 Å². The van der Waals surface area contributed by atoms with Gasteiger partial charge >= 0.3 is 13.1 Å². The van der Waals surface area contributed by atoms with Crippen molar-refractivity contribution in [3.8, 4) is 0 Å². The molecule has 2 N–H and O–H groups in total. The molecule has 0 aromatic rings. The van der Waals surface area contributed by atoms with Gasteiger partial charge in [0.05, 0.1) is 11.9 Å². The number of hydrogen-bond donors (Lipinski definition) is 2. The van der Waals surface area contributed by atoms with Crippen molar-refractivity contribution >= 4 is 13.1 Å². The molecule has 17 heavy (non-hydrogen) atoms. The first-order valence-corrected chi connectivity index (χ1v) is 6.55. The van der Waals surface area contributed by atoms with Crippen LogP contribution in [-0.4, -0.2) is 29.2 Å². The lowest BCUT2D eigenvalue weighted by Crippen LogP contribution is -2.30. The molecule has 0 saturated heterocycles. The largest absolute Gasteiger partial charge is 0.466 e. The van der Waals surface area contributed by atoms with Crippen molar-refractivity contribution in [3.05, 3.63) is 0 Å². The molecule has 5 heteroatoms. The number of rotatable bonds is 9. The van der Waals surface area contributed by atoms with Gasteiger partial charge < -0.3 is 14.8 Å². The van der Waals surface area contributed by atoms with Crippen LogP contribution in [0.5, 0.6) is 0 Å². The summed E-state index contributed by atoms with van der Waals surface area (Å²) in [6.07, 6.45) is 5.59. The summed E-state index contributed by atoms with van der Waals surface area (Å²) in [4.78, 5) is 11.6. The molecule has 0 fully saturated rings. The summed E-state index contributed by atoms with van der Waals surface area (Å²) in [6.45, 7) is 5.64. The minimum absolute atomic E-state index is 0.219. The molecule has 0 aliphatic carbocycles. The summed E-state index contributed by atoms with van der Waals surface area (Å²) < 4.78 is 4.99. The molecule has 0 aromatic carbocycles. The van der Waals surface area contributed by atoms with Gasteiger partial charge in [-0.3, -0.25) is 4.79 Å². The van der Waals surface area contributed by atoms with E-state index in [0.717, 1.165) is 19.3 Å². The molecule has 4 nitrogen and oxygen atoms in total. The van der Waals surface area contributed by atoms with E-state index in [9.17, 15) is 4.79 Å². The van der Waals surface area contributed by atoms with Crippen LogP contribution in [0.3, 0.4) is 0 Å². The van der Waals surface area contributed by atoms with Gasteiger partial charge in [0.25, 0.3) is 0 Å². The zero-order chi connectivity index (χ0) is 13.3. The van der Waals surface area contributed by atoms with Crippen LogP contribution in [0.2, 0.25) is 5.82 Å². The molecule has 0 rings (SSSR count). The van der Waals surface area contributed by atoms with Crippen molar-refractivity contribution < 1.29 is 19.6 Å². The van der Waals surface area contributed by atoms with Crippen molar-refractivity contribution in [1.82, 2.24) is 0 Å². The molecule has 1 atom stereocenters. The standard InChI is InChI=1S/C12H25BO4/c1-4-5-6-7-8-9-11(13(15)16)12(14)17-10(2)3/h10-11,15-16H,4-9H2,1-3H3. The molecule has 1 unspecified atom stereocenters. The predicted octanol–water partition coefficient (Wildman–Crippen LogP) is 2.14. The molecule has 0 radical (unpaired) electrons. The van der Waals surface area contributed by atoms with Crippen LogP contribution in [0.25, 0.3) is 0 Å². The molecule has 0 spiro atoms. The highest BCUT2D eigenvalue weighted by atomic mass is 16.5. The Morgan fingerprint density at radius 1 is 1.18 bits per heavy atom. The first-order chi connectivity index (χ1) is 7.99. The molecule has 0 saturated carbocycles. The molecular formula is C12H25BO4. The van der Waals surface area contributed by atoms with Gasteiger partial charge in [0, 0.05) is 0 Å². The molecule has 0 aliphatic heterocycles. The highest BCUT2D eigenvalue weighted by Gasteiger charge is 2.31. The fourth-order valence-corrected chi connectivity index (χ4v) is 1.68. The zero-order valence-electron chi connectivity index (χ0n) is 11.2. The smallest absolute Gasteiger partial charge is 0.463 e. The lowest BCUT2D eigenvalue weighted by molar-refractivity contribution is -0.148. The summed E-state index contributed by atoms with van der Waals surface area (Å²) in [5.41, 5.74) is 0. The minimum atomic E-state index is -1.62. The minimum Gasteiger partial charge on any atom is -0.463 e. The number of ether oxygens (including phenoxy) is 1. The summed E-state index contributed by atoms with van der Waals surface area (Å²) in [7, 11) is -1.62. The highest BCUT2D eigenvalue weighted by molar-refractivity contribution is 6.48. The summed E-state index contributed by atoms with van der Waals surface area (Å²) in [5, 5.41) is 18.3. The summed E-state index contributed by atoms with van der Waals surface area (Å²) in [5.74, 6) is -1.32. The number of hydrogen-bond acceptors (Lipinski definition) is 4. The Morgan fingerprint density at radius 2 is 1.76 bits per heavy atom. The van der Waals surface area contributed by atoms with Crippen LogP contribution < -0.4 is 0 Å². The van der Waals surface area contributed by atoms with Crippen LogP contribution in [-0.2, 0) is 9.53 Å². The predicted molar refractivity (Wildman–Crippen MR) is 68.5 cm³/mol. The first-order valence-electron chi connectivity index (χ1n) is 6.55. The van der Waals surface area contributed by atoms with E-state index in [0.29, 0.717) is 6.42 Å². The van der Waals surface area contributed by atoms with Gasteiger partial charge in [-0.05, 0) is 20.3 Å². The van der Waals surface area contributed by atoms with Crippen molar-refractivity contribution in [3.63, 3.8) is 0 Å². The van der Waals surface area contributed by atoms with E-state index in [4.69, 9.17) is 14.8 Å². The van der Waals surface area contributed by atoms with Crippen molar-refractivity contribution in [1.29, 1.82) is 0 Å². The van der Waals surface area contributed by atoms with Crippen molar-refractivity contribution in [2.24, 2.45) is 0 Å². The Kier molecular flexibility index (Phi) is 9.18. The van der Waals surface area contributed by atoms with E-state index in [1.165, 1.54) is 12.8 Å². The zero-order valence-corrected chi connectivity index (χ0v) is 11.2. The SMILES string of the molecule is CCCCCCCC(B(O)O)C(=O)OC(C)C. The third-order valence-electron chi connectivity index (χ3n) is 2.63. The topological polar surface area (TPSA) is 66.8 Å². The van der Waals surface area contributed by atoms with Crippen molar-refractivity contribution in [2.45, 2.75) is 71.2 Å². The fourth-order valence-electron chi connectivity index (χ4n) is 1.68. The normalized spacial score (nSPS) is 12.6. The third-order valence-corrected chi connectivity index (χ3v) is 2.63. The Bertz CT molecular complexity index is 207. The van der Waals surface area contributed by atoms with Gasteiger partial charge in [-0.2, -0.15) is 0 Å². The van der Waals surface area contributed by atoms with Crippen LogP contribution in [0, 0.1) is 0 Å². The second-order valence-electron chi connectivity index (χ2n) is 4.71. The second kappa shape index (κ2) is 9.48. The number of esters is 1. The Morgan fingerprint density at radius 3 is 2.24 bits per heavy atom.